The minimum atomic E-state index is -1.62. The second-order valence-electron chi connectivity index (χ2n) is 9.31. The molecular formula is C25H26ClF3N2O5S. The highest BCUT2D eigenvalue weighted by Crippen LogP contribution is 2.54. The predicted molar refractivity (Wildman–Crippen MR) is 132 cm³/mol. The number of alkyl carbamates (subject to hydrolysis) is 1. The minimum absolute atomic E-state index is 0.0506. The Bertz CT molecular complexity index is 1170. The number of methoxy groups -OCH3 is 1. The van der Waals surface area contributed by atoms with Crippen LogP contribution in [0.25, 0.3) is 0 Å². The Morgan fingerprint density at radius 1 is 1.16 bits per heavy atom. The van der Waals surface area contributed by atoms with Crippen LogP contribution >= 0.6 is 23.4 Å². The number of halogens is 4. The van der Waals surface area contributed by atoms with Crippen molar-refractivity contribution in [2.75, 3.05) is 19.0 Å². The third-order valence-corrected chi connectivity index (χ3v) is 8.91. The highest BCUT2D eigenvalue weighted by atomic mass is 35.5. The molecule has 0 heterocycles. The summed E-state index contributed by atoms with van der Waals surface area (Å²) < 4.78 is 44.7. The summed E-state index contributed by atoms with van der Waals surface area (Å²) in [5.74, 6) is -5.48. The van der Waals surface area contributed by atoms with Gasteiger partial charge in [0, 0.05) is 40.1 Å². The lowest BCUT2D eigenvalue weighted by Crippen LogP contribution is -2.57. The number of aliphatic hydroxyl groups is 2. The molecule has 0 radical (unpaired) electrons. The Morgan fingerprint density at radius 3 is 2.38 bits per heavy atom. The first kappa shape index (κ1) is 27.6. The maximum absolute atomic E-state index is 13.5. The number of carbonyl (C=O) groups is 2. The molecule has 2 aromatic carbocycles. The lowest BCUT2D eigenvalue weighted by atomic mass is 9.71. The Morgan fingerprint density at radius 2 is 1.78 bits per heavy atom. The van der Waals surface area contributed by atoms with Crippen LogP contribution in [0.4, 0.5) is 23.7 Å². The molecule has 4 unspecified atom stereocenters. The average molecular weight is 559 g/mol. The second kappa shape index (κ2) is 11.1. The summed E-state index contributed by atoms with van der Waals surface area (Å²) in [6.45, 7) is -0.126. The first-order valence-electron chi connectivity index (χ1n) is 11.7. The molecule has 4 rings (SSSR count). The third-order valence-electron chi connectivity index (χ3n) is 7.15. The van der Waals surface area contributed by atoms with Crippen LogP contribution in [-0.2, 0) is 4.74 Å². The van der Waals surface area contributed by atoms with Crippen molar-refractivity contribution in [2.45, 2.75) is 47.5 Å². The summed E-state index contributed by atoms with van der Waals surface area (Å²) >= 11 is 7.84. The Balaban J connectivity index is 1.43. The number of ether oxygens (including phenoxy) is 1. The van der Waals surface area contributed by atoms with Crippen molar-refractivity contribution < 1.29 is 37.7 Å². The molecule has 0 saturated heterocycles. The number of thioether (sulfide) groups is 1. The second-order valence-corrected chi connectivity index (χ2v) is 11.1. The summed E-state index contributed by atoms with van der Waals surface area (Å²) in [6.07, 6.45) is 0.809. The fourth-order valence-electron chi connectivity index (χ4n) is 5.34. The van der Waals surface area contributed by atoms with Crippen LogP contribution < -0.4 is 10.6 Å². The van der Waals surface area contributed by atoms with Crippen molar-refractivity contribution in [3.63, 3.8) is 0 Å². The normalized spacial score (nSPS) is 25.4. The summed E-state index contributed by atoms with van der Waals surface area (Å²) in [5.41, 5.74) is -1.37. The van der Waals surface area contributed by atoms with Gasteiger partial charge in [-0.2, -0.15) is 0 Å². The maximum Gasteiger partial charge on any atom is 0.406 e. The number of rotatable bonds is 7. The quantitative estimate of drug-likeness (QED) is 0.366. The van der Waals surface area contributed by atoms with Crippen molar-refractivity contribution in [1.82, 2.24) is 5.32 Å². The molecule has 0 aromatic heterocycles. The lowest BCUT2D eigenvalue weighted by Gasteiger charge is -2.45. The minimum Gasteiger partial charge on any atom is -0.453 e. The Kier molecular flexibility index (Phi) is 8.27. The van der Waals surface area contributed by atoms with Crippen LogP contribution in [0.1, 0.15) is 36.0 Å². The van der Waals surface area contributed by atoms with E-state index < -0.39 is 41.2 Å². The van der Waals surface area contributed by atoms with Crippen LogP contribution in [0.3, 0.4) is 0 Å². The lowest BCUT2D eigenvalue weighted by molar-refractivity contribution is -0.139. The van der Waals surface area contributed by atoms with E-state index in [1.165, 1.54) is 24.9 Å². The number of fused-ring (bicyclic) bond motifs is 2. The van der Waals surface area contributed by atoms with Gasteiger partial charge in [-0.15, -0.1) is 11.8 Å². The zero-order chi connectivity index (χ0) is 26.9. The molecule has 200 valence electrons. The van der Waals surface area contributed by atoms with Crippen LogP contribution in [0.15, 0.2) is 35.2 Å². The summed E-state index contributed by atoms with van der Waals surface area (Å²) in [6, 6.07) is 5.95. The number of amides is 2. The number of benzene rings is 2. The average Bonchev–Trinajstić information content (AvgIpc) is 3.03. The zero-order valence-electron chi connectivity index (χ0n) is 19.8. The van der Waals surface area contributed by atoms with Gasteiger partial charge in [0.15, 0.2) is 17.5 Å². The summed E-state index contributed by atoms with van der Waals surface area (Å²) in [7, 11) is 1.22. The fourth-order valence-corrected chi connectivity index (χ4v) is 6.99. The monoisotopic (exact) mass is 558 g/mol. The smallest absolute Gasteiger partial charge is 0.406 e. The molecular weight excluding hydrogens is 533 g/mol. The number of anilines is 1. The van der Waals surface area contributed by atoms with Gasteiger partial charge in [0.05, 0.1) is 17.7 Å². The molecule has 5 atom stereocenters. The summed E-state index contributed by atoms with van der Waals surface area (Å²) in [4.78, 5) is 24.7. The molecule has 7 nitrogen and oxygen atoms in total. The molecule has 2 saturated carbocycles. The topological polar surface area (TPSA) is 108 Å². The third kappa shape index (κ3) is 5.69. The van der Waals surface area contributed by atoms with Crippen molar-refractivity contribution in [1.29, 1.82) is 0 Å². The highest BCUT2D eigenvalue weighted by molar-refractivity contribution is 8.00. The van der Waals surface area contributed by atoms with E-state index in [1.807, 2.05) is 0 Å². The molecule has 2 aromatic rings. The van der Waals surface area contributed by atoms with E-state index in [2.05, 4.69) is 15.4 Å². The van der Waals surface area contributed by atoms with Crippen molar-refractivity contribution in [2.24, 2.45) is 11.8 Å². The molecule has 0 aliphatic heterocycles. The van der Waals surface area contributed by atoms with Gasteiger partial charge in [-0.3, -0.25) is 4.79 Å². The van der Waals surface area contributed by atoms with Crippen molar-refractivity contribution >= 4 is 41.1 Å². The number of aliphatic hydroxyl groups excluding tert-OH is 1. The molecule has 0 spiro atoms. The zero-order valence-corrected chi connectivity index (χ0v) is 21.3. The van der Waals surface area contributed by atoms with Gasteiger partial charge in [-0.1, -0.05) is 11.6 Å². The maximum atomic E-state index is 13.5. The first-order valence-corrected chi connectivity index (χ1v) is 12.9. The fraction of sp³-hybridized carbons (Fsp3) is 0.440. The largest absolute Gasteiger partial charge is 0.453 e. The molecule has 2 aliphatic rings. The van der Waals surface area contributed by atoms with E-state index in [1.54, 1.807) is 12.1 Å². The number of hydrogen-bond acceptors (Lipinski definition) is 6. The van der Waals surface area contributed by atoms with Crippen LogP contribution in [0, 0.1) is 29.3 Å². The number of carbonyl (C=O) groups excluding carboxylic acids is 2. The Labute approximate surface area is 220 Å². The van der Waals surface area contributed by atoms with E-state index >= 15 is 0 Å². The van der Waals surface area contributed by atoms with Crippen LogP contribution in [0.2, 0.25) is 5.02 Å². The van der Waals surface area contributed by atoms with Crippen LogP contribution in [0.5, 0.6) is 0 Å². The molecule has 2 fully saturated rings. The van der Waals surface area contributed by atoms with Gasteiger partial charge in [-0.05, 0) is 55.7 Å². The molecule has 2 aliphatic carbocycles. The molecule has 4 N–H and O–H groups in total. The Hall–Kier alpha value is -2.47. The van der Waals surface area contributed by atoms with Gasteiger partial charge in [0.1, 0.15) is 6.10 Å². The molecule has 2 amide bonds. The van der Waals surface area contributed by atoms with E-state index in [0.29, 0.717) is 34.9 Å². The van der Waals surface area contributed by atoms with Gasteiger partial charge in [0.25, 0.3) is 5.91 Å². The van der Waals surface area contributed by atoms with Gasteiger partial charge in [-0.25, -0.2) is 18.0 Å². The standard InChI is InChI=1S/C25H26ClF3N2O5S/c1-36-24(34)30-11-21(32)25(35)13-3-4-14(25)8-16(7-13)37-20-6-12(2-5-17(20)26)23(33)31-15-9-18(27)22(29)19(28)10-15/h2,5-6,9-10,13-14,16,21,32,35H,3-4,7-8,11H2,1H3,(H,30,34)(H,31,33)/t13-,14?,16?,21?,25?/m0/s1. The predicted octanol–water partition coefficient (Wildman–Crippen LogP) is 4.74. The van der Waals surface area contributed by atoms with Gasteiger partial charge < -0.3 is 25.6 Å². The summed E-state index contributed by atoms with van der Waals surface area (Å²) in [5, 5.41) is 27.3. The van der Waals surface area contributed by atoms with Gasteiger partial charge >= 0.3 is 6.09 Å². The van der Waals surface area contributed by atoms with E-state index in [4.69, 9.17) is 11.6 Å². The van der Waals surface area contributed by atoms with E-state index in [-0.39, 0.29) is 34.9 Å². The molecule has 12 heteroatoms. The van der Waals surface area contributed by atoms with E-state index in [0.717, 1.165) is 12.8 Å². The van der Waals surface area contributed by atoms with Crippen molar-refractivity contribution in [3.8, 4) is 0 Å². The van der Waals surface area contributed by atoms with Gasteiger partial charge in [0.2, 0.25) is 0 Å². The number of nitrogens with one attached hydrogen (secondary N) is 2. The van der Waals surface area contributed by atoms with Crippen molar-refractivity contribution in [3.05, 3.63) is 58.4 Å². The van der Waals surface area contributed by atoms with Crippen LogP contribution in [-0.4, -0.2) is 52.8 Å². The SMILES string of the molecule is COC(=O)NCC(O)C1(O)C2CC[C@H]1CC(Sc1cc(C(=O)Nc3cc(F)c(F)c(F)c3)ccc1Cl)C2. The highest BCUT2D eigenvalue weighted by Gasteiger charge is 2.57. The van der Waals surface area contributed by atoms with E-state index in [9.17, 15) is 33.0 Å². The molecule has 37 heavy (non-hydrogen) atoms. The first-order chi connectivity index (χ1) is 17.5. The number of hydrogen-bond donors (Lipinski definition) is 4. The molecule has 2 bridgehead atoms.